The van der Waals surface area contributed by atoms with E-state index in [1.165, 1.54) is 10.9 Å². The van der Waals surface area contributed by atoms with Crippen molar-refractivity contribution in [3.63, 3.8) is 0 Å². The fourth-order valence-corrected chi connectivity index (χ4v) is 2.57. The summed E-state index contributed by atoms with van der Waals surface area (Å²) in [5.74, 6) is 0. The fourth-order valence-electron chi connectivity index (χ4n) is 2.57. The minimum atomic E-state index is 0.665. The number of aryl methyl sites for hydroxylation is 1. The van der Waals surface area contributed by atoms with Crippen LogP contribution in [0, 0.1) is 0 Å². The van der Waals surface area contributed by atoms with E-state index < -0.39 is 0 Å². The summed E-state index contributed by atoms with van der Waals surface area (Å²) in [4.78, 5) is 4.17. The van der Waals surface area contributed by atoms with Crippen molar-refractivity contribution in [1.82, 2.24) is 9.55 Å². The van der Waals surface area contributed by atoms with Crippen molar-refractivity contribution in [1.29, 1.82) is 0 Å². The first-order valence-corrected chi connectivity index (χ1v) is 6.13. The molecule has 2 N–H and O–H groups in total. The van der Waals surface area contributed by atoms with E-state index in [0.29, 0.717) is 5.69 Å². The summed E-state index contributed by atoms with van der Waals surface area (Å²) in [5, 5.41) is 1.19. The maximum atomic E-state index is 5.83. The van der Waals surface area contributed by atoms with E-state index in [4.69, 9.17) is 5.73 Å². The fraction of sp³-hybridized carbons (Fsp3) is 0.0625. The Labute approximate surface area is 112 Å². The Morgan fingerprint density at radius 1 is 1.26 bits per heavy atom. The van der Waals surface area contributed by atoms with Gasteiger partial charge in [-0.1, -0.05) is 30.9 Å². The second-order valence-corrected chi connectivity index (χ2v) is 4.55. The van der Waals surface area contributed by atoms with Gasteiger partial charge in [0.05, 0.1) is 11.4 Å². The highest BCUT2D eigenvalue weighted by Crippen LogP contribution is 2.33. The summed E-state index contributed by atoms with van der Waals surface area (Å²) >= 11 is 0. The minimum absolute atomic E-state index is 0.665. The number of nitrogens with two attached hydrogens (primary N) is 1. The number of nitrogen functional groups attached to an aromatic ring is 1. The Kier molecular flexibility index (Phi) is 2.60. The van der Waals surface area contributed by atoms with Crippen molar-refractivity contribution in [3.05, 3.63) is 54.9 Å². The summed E-state index contributed by atoms with van der Waals surface area (Å²) in [5.41, 5.74) is 10.9. The summed E-state index contributed by atoms with van der Waals surface area (Å²) in [6.45, 7) is 3.94. The van der Waals surface area contributed by atoms with Crippen LogP contribution in [0.1, 0.15) is 5.56 Å². The monoisotopic (exact) mass is 249 g/mol. The molecule has 2 aromatic heterocycles. The zero-order valence-corrected chi connectivity index (χ0v) is 10.8. The second-order valence-electron chi connectivity index (χ2n) is 4.55. The smallest absolute Gasteiger partial charge is 0.0578 e. The molecular formula is C16H15N3. The lowest BCUT2D eigenvalue weighted by Crippen LogP contribution is -1.94. The van der Waals surface area contributed by atoms with Gasteiger partial charge < -0.3 is 10.3 Å². The maximum Gasteiger partial charge on any atom is 0.0578 e. The van der Waals surface area contributed by atoms with Crippen molar-refractivity contribution in [3.8, 4) is 11.3 Å². The van der Waals surface area contributed by atoms with Crippen LogP contribution in [0.25, 0.3) is 28.2 Å². The first-order valence-electron chi connectivity index (χ1n) is 6.13. The van der Waals surface area contributed by atoms with E-state index in [9.17, 15) is 0 Å². The normalized spacial score (nSPS) is 10.8. The van der Waals surface area contributed by atoms with Crippen LogP contribution in [0.15, 0.2) is 49.3 Å². The van der Waals surface area contributed by atoms with Crippen LogP contribution in [0.4, 0.5) is 5.69 Å². The quantitative estimate of drug-likeness (QED) is 0.755. The lowest BCUT2D eigenvalue weighted by atomic mass is 10.1. The third kappa shape index (κ3) is 1.71. The van der Waals surface area contributed by atoms with Gasteiger partial charge in [0.25, 0.3) is 0 Å². The van der Waals surface area contributed by atoms with Gasteiger partial charge in [0.15, 0.2) is 0 Å². The Hall–Kier alpha value is -2.55. The third-order valence-electron chi connectivity index (χ3n) is 3.38. The van der Waals surface area contributed by atoms with Gasteiger partial charge in [-0.2, -0.15) is 0 Å². The molecule has 3 rings (SSSR count). The number of fused-ring (bicyclic) bond motifs is 1. The Morgan fingerprint density at radius 2 is 2.05 bits per heavy atom. The number of nitrogens with zero attached hydrogens (tertiary/aromatic N) is 2. The predicted molar refractivity (Wildman–Crippen MR) is 80.7 cm³/mol. The predicted octanol–water partition coefficient (Wildman–Crippen LogP) is 3.47. The van der Waals surface area contributed by atoms with Gasteiger partial charge in [-0.25, -0.2) is 0 Å². The Bertz CT molecular complexity index is 769. The number of anilines is 1. The molecule has 0 fully saturated rings. The molecule has 0 atom stereocenters. The van der Waals surface area contributed by atoms with Gasteiger partial charge in [0, 0.05) is 41.5 Å². The van der Waals surface area contributed by atoms with Gasteiger partial charge >= 0.3 is 0 Å². The summed E-state index contributed by atoms with van der Waals surface area (Å²) < 4.78 is 2.16. The lowest BCUT2D eigenvalue weighted by molar-refractivity contribution is 0.975. The zero-order chi connectivity index (χ0) is 13.4. The van der Waals surface area contributed by atoms with Crippen LogP contribution < -0.4 is 5.73 Å². The molecule has 0 radical (unpaired) electrons. The average Bonchev–Trinajstić information content (AvgIpc) is 2.72. The molecule has 3 nitrogen and oxygen atoms in total. The molecule has 94 valence electrons. The molecule has 0 aliphatic carbocycles. The molecule has 0 saturated heterocycles. The summed E-state index contributed by atoms with van der Waals surface area (Å²) in [7, 11) is 2.05. The van der Waals surface area contributed by atoms with Gasteiger partial charge in [-0.15, -0.1) is 0 Å². The van der Waals surface area contributed by atoms with Crippen molar-refractivity contribution in [2.45, 2.75) is 0 Å². The molecule has 0 saturated carbocycles. The van der Waals surface area contributed by atoms with Crippen molar-refractivity contribution >= 4 is 22.7 Å². The van der Waals surface area contributed by atoms with Gasteiger partial charge in [-0.05, 0) is 12.1 Å². The first-order chi connectivity index (χ1) is 9.22. The SMILES string of the molecule is C=Cc1c(-c2cncc(N)c2)n(C)c2ccccc12. The number of benzene rings is 1. The topological polar surface area (TPSA) is 43.8 Å². The van der Waals surface area contributed by atoms with E-state index in [1.54, 1.807) is 6.20 Å². The maximum absolute atomic E-state index is 5.83. The van der Waals surface area contributed by atoms with Crippen LogP contribution in [0.3, 0.4) is 0 Å². The summed E-state index contributed by atoms with van der Waals surface area (Å²) in [6.07, 6.45) is 5.37. The van der Waals surface area contributed by atoms with E-state index in [0.717, 1.165) is 16.8 Å². The minimum Gasteiger partial charge on any atom is -0.397 e. The van der Waals surface area contributed by atoms with Crippen molar-refractivity contribution < 1.29 is 0 Å². The number of para-hydroxylation sites is 1. The molecular weight excluding hydrogens is 234 g/mol. The van der Waals surface area contributed by atoms with Crippen molar-refractivity contribution in [2.24, 2.45) is 7.05 Å². The van der Waals surface area contributed by atoms with E-state index in [-0.39, 0.29) is 0 Å². The number of aromatic nitrogens is 2. The molecule has 3 heteroatoms. The second kappa shape index (κ2) is 4.28. The molecule has 0 bridgehead atoms. The molecule has 3 aromatic rings. The van der Waals surface area contributed by atoms with E-state index in [1.807, 2.05) is 37.5 Å². The molecule has 0 spiro atoms. The highest BCUT2D eigenvalue weighted by molar-refractivity contribution is 5.97. The van der Waals surface area contributed by atoms with Crippen LogP contribution in [-0.2, 0) is 7.05 Å². The largest absolute Gasteiger partial charge is 0.397 e. The Balaban J connectivity index is 2.40. The standard InChI is InChI=1S/C16H15N3/c1-3-13-14-6-4-5-7-15(14)19(2)16(13)11-8-12(17)10-18-9-11/h3-10H,1,17H2,2H3. The third-order valence-corrected chi connectivity index (χ3v) is 3.38. The molecule has 0 aliphatic rings. The van der Waals surface area contributed by atoms with Crippen LogP contribution >= 0.6 is 0 Å². The van der Waals surface area contributed by atoms with E-state index in [2.05, 4.69) is 28.3 Å². The van der Waals surface area contributed by atoms with Gasteiger partial charge in [0.1, 0.15) is 0 Å². The van der Waals surface area contributed by atoms with Crippen LogP contribution in [0.2, 0.25) is 0 Å². The van der Waals surface area contributed by atoms with Crippen LogP contribution in [0.5, 0.6) is 0 Å². The number of hydrogen-bond acceptors (Lipinski definition) is 2. The Morgan fingerprint density at radius 3 is 2.79 bits per heavy atom. The zero-order valence-electron chi connectivity index (χ0n) is 10.8. The molecule has 2 heterocycles. The highest BCUT2D eigenvalue weighted by atomic mass is 15.0. The molecule has 0 unspecified atom stereocenters. The number of hydrogen-bond donors (Lipinski definition) is 1. The van der Waals surface area contributed by atoms with E-state index >= 15 is 0 Å². The summed E-state index contributed by atoms with van der Waals surface area (Å²) in [6, 6.07) is 10.2. The molecule has 0 amide bonds. The van der Waals surface area contributed by atoms with Crippen molar-refractivity contribution in [2.75, 3.05) is 5.73 Å². The number of pyridine rings is 1. The highest BCUT2D eigenvalue weighted by Gasteiger charge is 2.14. The number of rotatable bonds is 2. The molecule has 1 aromatic carbocycles. The van der Waals surface area contributed by atoms with Gasteiger partial charge in [0.2, 0.25) is 0 Å². The lowest BCUT2D eigenvalue weighted by Gasteiger charge is -2.06. The first kappa shape index (κ1) is 11.5. The molecule has 0 aliphatic heterocycles. The van der Waals surface area contributed by atoms with Gasteiger partial charge in [-0.3, -0.25) is 4.98 Å². The van der Waals surface area contributed by atoms with Crippen LogP contribution in [-0.4, -0.2) is 9.55 Å². The average molecular weight is 249 g/mol. The molecule has 19 heavy (non-hydrogen) atoms.